The lowest BCUT2D eigenvalue weighted by atomic mass is 10.0. The minimum absolute atomic E-state index is 0.121. The highest BCUT2D eigenvalue weighted by Gasteiger charge is 2.36. The van der Waals surface area contributed by atoms with E-state index in [1.54, 1.807) is 13.8 Å². The third-order valence-corrected chi connectivity index (χ3v) is 9.19. The number of aryl methyl sites for hydroxylation is 1. The largest absolute Gasteiger partial charge is 0.465 e. The zero-order valence-corrected chi connectivity index (χ0v) is 19.0. The fourth-order valence-corrected chi connectivity index (χ4v) is 7.29. The van der Waals surface area contributed by atoms with Crippen LogP contribution in [0.15, 0.2) is 28.5 Å². The lowest BCUT2D eigenvalue weighted by Gasteiger charge is -2.27. The van der Waals surface area contributed by atoms with Gasteiger partial charge in [0.1, 0.15) is 4.21 Å². The first kappa shape index (κ1) is 22.0. The monoisotopic (exact) mass is 436 g/mol. The van der Waals surface area contributed by atoms with Gasteiger partial charge in [0, 0.05) is 37.6 Å². The van der Waals surface area contributed by atoms with E-state index >= 15 is 0 Å². The third-order valence-electron chi connectivity index (χ3n) is 5.43. The van der Waals surface area contributed by atoms with Crippen LogP contribution in [0.1, 0.15) is 45.8 Å². The first-order valence-electron chi connectivity index (χ1n) is 9.83. The molecule has 158 valence electrons. The fourth-order valence-electron chi connectivity index (χ4n) is 3.77. The van der Waals surface area contributed by atoms with Crippen molar-refractivity contribution >= 4 is 27.3 Å². The number of nitrogens with zero attached hydrogens (tertiary/aromatic N) is 2. The molecular weight excluding hydrogens is 408 g/mol. The van der Waals surface area contributed by atoms with Gasteiger partial charge in [0.25, 0.3) is 10.0 Å². The Morgan fingerprint density at radius 3 is 2.55 bits per heavy atom. The second-order valence-electron chi connectivity index (χ2n) is 7.13. The maximum atomic E-state index is 13.2. The summed E-state index contributed by atoms with van der Waals surface area (Å²) < 4.78 is 32.8. The molecular formula is C21H28N2O4S2. The number of hydrogen-bond donors (Lipinski definition) is 0. The van der Waals surface area contributed by atoms with Crippen LogP contribution in [0.5, 0.6) is 0 Å². The number of sulfonamides is 1. The van der Waals surface area contributed by atoms with Gasteiger partial charge in [-0.3, -0.25) is 4.90 Å². The highest BCUT2D eigenvalue weighted by molar-refractivity contribution is 7.91. The van der Waals surface area contributed by atoms with E-state index in [0.29, 0.717) is 26.1 Å². The summed E-state index contributed by atoms with van der Waals surface area (Å²) in [5.74, 6) is -0.569. The van der Waals surface area contributed by atoms with Crippen molar-refractivity contribution in [2.45, 2.75) is 44.5 Å². The summed E-state index contributed by atoms with van der Waals surface area (Å²) in [7, 11) is -2.43. The molecule has 6 nitrogen and oxygen atoms in total. The van der Waals surface area contributed by atoms with E-state index < -0.39 is 16.0 Å². The summed E-state index contributed by atoms with van der Waals surface area (Å²) in [4.78, 5) is 15.8. The number of thiophene rings is 1. The van der Waals surface area contributed by atoms with Crippen molar-refractivity contribution in [2.24, 2.45) is 0 Å². The Kier molecular flexibility index (Phi) is 6.78. The molecule has 0 aliphatic carbocycles. The highest BCUT2D eigenvalue weighted by atomic mass is 32.2. The number of carbonyl (C=O) groups excluding carboxylic acids is 1. The van der Waals surface area contributed by atoms with Crippen molar-refractivity contribution in [2.75, 3.05) is 26.7 Å². The van der Waals surface area contributed by atoms with Crippen molar-refractivity contribution in [1.29, 1.82) is 0 Å². The van der Waals surface area contributed by atoms with Crippen molar-refractivity contribution in [3.63, 3.8) is 0 Å². The molecule has 1 aliphatic rings. The lowest BCUT2D eigenvalue weighted by molar-refractivity contribution is 0.0595. The van der Waals surface area contributed by atoms with E-state index in [2.05, 4.69) is 24.0 Å². The molecule has 0 saturated heterocycles. The van der Waals surface area contributed by atoms with Gasteiger partial charge in [0.2, 0.25) is 0 Å². The number of rotatable bonds is 7. The Morgan fingerprint density at radius 2 is 1.93 bits per heavy atom. The van der Waals surface area contributed by atoms with Gasteiger partial charge < -0.3 is 4.74 Å². The molecule has 0 bridgehead atoms. The number of carbonyl (C=O) groups is 1. The molecule has 0 fully saturated rings. The third kappa shape index (κ3) is 4.26. The van der Waals surface area contributed by atoms with Crippen LogP contribution >= 0.6 is 11.3 Å². The number of hydrogen-bond acceptors (Lipinski definition) is 6. The predicted molar refractivity (Wildman–Crippen MR) is 115 cm³/mol. The number of ether oxygens (including phenoxy) is 1. The molecule has 0 spiro atoms. The average Bonchev–Trinajstić information content (AvgIpc) is 3.09. The van der Waals surface area contributed by atoms with Gasteiger partial charge in [-0.2, -0.15) is 4.31 Å². The van der Waals surface area contributed by atoms with Crippen molar-refractivity contribution < 1.29 is 17.9 Å². The SMILES string of the molecule is CCN(CC)S(=O)(=O)c1sc2c(c1C(=O)OC)CCN(Cc1ccccc1C)C2. The molecule has 1 aromatic carbocycles. The van der Waals surface area contributed by atoms with Crippen LogP contribution in [-0.4, -0.2) is 50.3 Å². The second-order valence-corrected chi connectivity index (χ2v) is 10.4. The number of methoxy groups -OCH3 is 1. The van der Waals surface area contributed by atoms with Gasteiger partial charge in [0.05, 0.1) is 12.7 Å². The summed E-state index contributed by atoms with van der Waals surface area (Å²) in [6.45, 7) is 8.63. The van der Waals surface area contributed by atoms with Gasteiger partial charge >= 0.3 is 5.97 Å². The Balaban J connectivity index is 1.98. The number of esters is 1. The molecule has 0 N–H and O–H groups in total. The molecule has 0 unspecified atom stereocenters. The minimum atomic E-state index is -3.73. The van der Waals surface area contributed by atoms with E-state index in [-0.39, 0.29) is 9.77 Å². The van der Waals surface area contributed by atoms with Crippen LogP contribution in [-0.2, 0) is 34.3 Å². The second kappa shape index (κ2) is 8.95. The molecule has 3 rings (SSSR count). The van der Waals surface area contributed by atoms with Crippen molar-refractivity contribution in [3.05, 3.63) is 51.4 Å². The van der Waals surface area contributed by atoms with Gasteiger partial charge in [-0.25, -0.2) is 13.2 Å². The van der Waals surface area contributed by atoms with Gasteiger partial charge in [0.15, 0.2) is 0 Å². The Hall–Kier alpha value is -1.74. The van der Waals surface area contributed by atoms with Crippen LogP contribution in [0.3, 0.4) is 0 Å². The Morgan fingerprint density at radius 1 is 1.24 bits per heavy atom. The smallest absolute Gasteiger partial charge is 0.340 e. The number of fused-ring (bicyclic) bond motifs is 1. The molecule has 2 aromatic rings. The van der Waals surface area contributed by atoms with E-state index in [9.17, 15) is 13.2 Å². The van der Waals surface area contributed by atoms with Crippen LogP contribution in [0.25, 0.3) is 0 Å². The van der Waals surface area contributed by atoms with Gasteiger partial charge in [-0.15, -0.1) is 11.3 Å². The van der Waals surface area contributed by atoms with Crippen LogP contribution in [0.2, 0.25) is 0 Å². The molecule has 29 heavy (non-hydrogen) atoms. The van der Waals surface area contributed by atoms with Gasteiger partial charge in [-0.1, -0.05) is 38.1 Å². The first-order chi connectivity index (χ1) is 13.8. The zero-order chi connectivity index (χ0) is 21.2. The molecule has 0 radical (unpaired) electrons. The molecule has 1 aliphatic heterocycles. The lowest BCUT2D eigenvalue weighted by Crippen LogP contribution is -2.31. The normalized spacial score (nSPS) is 14.8. The molecule has 0 atom stereocenters. The quantitative estimate of drug-likeness (QED) is 0.622. The number of benzene rings is 1. The summed E-state index contributed by atoms with van der Waals surface area (Å²) in [6.07, 6.45) is 0.635. The van der Waals surface area contributed by atoms with Crippen LogP contribution in [0.4, 0.5) is 0 Å². The summed E-state index contributed by atoms with van der Waals surface area (Å²) in [5.41, 5.74) is 3.56. The van der Waals surface area contributed by atoms with E-state index in [4.69, 9.17) is 4.74 Å². The topological polar surface area (TPSA) is 66.9 Å². The van der Waals surface area contributed by atoms with E-state index in [0.717, 1.165) is 23.5 Å². The Bertz CT molecular complexity index is 994. The van der Waals surface area contributed by atoms with Gasteiger partial charge in [-0.05, 0) is 30.0 Å². The maximum absolute atomic E-state index is 13.2. The molecule has 0 amide bonds. The van der Waals surface area contributed by atoms with E-state index in [1.807, 2.05) is 12.1 Å². The first-order valence-corrected chi connectivity index (χ1v) is 12.1. The van der Waals surface area contributed by atoms with E-state index in [1.165, 1.54) is 33.9 Å². The predicted octanol–water partition coefficient (Wildman–Crippen LogP) is 3.43. The van der Waals surface area contributed by atoms with Crippen molar-refractivity contribution in [1.82, 2.24) is 9.21 Å². The Labute approximate surface area is 177 Å². The highest BCUT2D eigenvalue weighted by Crippen LogP contribution is 2.38. The zero-order valence-electron chi connectivity index (χ0n) is 17.4. The van der Waals surface area contributed by atoms with Crippen molar-refractivity contribution in [3.8, 4) is 0 Å². The average molecular weight is 437 g/mol. The summed E-state index contributed by atoms with van der Waals surface area (Å²) in [5, 5.41) is 0. The minimum Gasteiger partial charge on any atom is -0.465 e. The molecule has 8 heteroatoms. The fraction of sp³-hybridized carbons (Fsp3) is 0.476. The summed E-state index contributed by atoms with van der Waals surface area (Å²) >= 11 is 1.22. The van der Waals surface area contributed by atoms with Crippen LogP contribution in [0, 0.1) is 6.92 Å². The van der Waals surface area contributed by atoms with Crippen LogP contribution < -0.4 is 0 Å². The summed E-state index contributed by atoms with van der Waals surface area (Å²) in [6, 6.07) is 8.28. The molecule has 1 aromatic heterocycles. The molecule has 2 heterocycles. The molecule has 0 saturated carbocycles. The standard InChI is InChI=1S/C21H28N2O4S2/c1-5-23(6-2)29(25,26)21-19(20(24)27-4)17-11-12-22(14-18(17)28-21)13-16-10-8-7-9-15(16)3/h7-10H,5-6,11-14H2,1-4H3. The maximum Gasteiger partial charge on any atom is 0.340 e.